The van der Waals surface area contributed by atoms with Gasteiger partial charge in [-0.3, -0.25) is 0 Å². The van der Waals surface area contributed by atoms with Gasteiger partial charge in [0.25, 0.3) is 0 Å². The van der Waals surface area contributed by atoms with Crippen molar-refractivity contribution < 1.29 is 0 Å². The molecule has 0 aliphatic rings. The van der Waals surface area contributed by atoms with Crippen LogP contribution in [0.2, 0.25) is 0 Å². The van der Waals surface area contributed by atoms with Gasteiger partial charge in [0.1, 0.15) is 0 Å². The molecule has 0 spiro atoms. The lowest BCUT2D eigenvalue weighted by atomic mass is 10.00. The topological polar surface area (TPSA) is 3.24 Å². The summed E-state index contributed by atoms with van der Waals surface area (Å²) < 4.78 is 0. The first-order valence-corrected chi connectivity index (χ1v) is 7.88. The van der Waals surface area contributed by atoms with Gasteiger partial charge in [0.05, 0.1) is 0 Å². The smallest absolute Gasteiger partial charge is 0.00891 e. The lowest BCUT2D eigenvalue weighted by molar-refractivity contribution is 0.251. The highest BCUT2D eigenvalue weighted by atomic mass is 15.1. The van der Waals surface area contributed by atoms with Crippen LogP contribution in [-0.4, -0.2) is 25.0 Å². The quantitative estimate of drug-likeness (QED) is 0.422. The molecule has 0 radical (unpaired) electrons. The predicted octanol–water partition coefficient (Wildman–Crippen LogP) is 5.25. The maximum atomic E-state index is 2.44. The molecule has 1 atom stereocenters. The Bertz CT molecular complexity index is 142. The molecule has 0 aliphatic heterocycles. The molecule has 0 fully saturated rings. The molecule has 0 rings (SSSR count). The first-order valence-electron chi connectivity index (χ1n) is 7.88. The van der Waals surface area contributed by atoms with Gasteiger partial charge in [-0.2, -0.15) is 0 Å². The van der Waals surface area contributed by atoms with Crippen LogP contribution in [0.5, 0.6) is 0 Å². The second kappa shape index (κ2) is 12.4. The zero-order valence-electron chi connectivity index (χ0n) is 12.8. The maximum Gasteiger partial charge on any atom is 0.00891 e. The average molecular weight is 241 g/mol. The first-order chi connectivity index (χ1) is 8.22. The largest absolute Gasteiger partial charge is 0.306 e. The Morgan fingerprint density at radius 2 is 1.06 bits per heavy atom. The van der Waals surface area contributed by atoms with E-state index < -0.39 is 0 Å². The molecule has 0 aromatic rings. The molecule has 0 saturated carbocycles. The minimum absolute atomic E-state index is 0.827. The van der Waals surface area contributed by atoms with Crippen molar-refractivity contribution in [3.8, 4) is 0 Å². The highest BCUT2D eigenvalue weighted by molar-refractivity contribution is 4.66. The summed E-state index contributed by atoms with van der Waals surface area (Å²) in [5.74, 6) is 0. The summed E-state index contributed by atoms with van der Waals surface area (Å²) in [6, 6.07) is 0.827. The summed E-state index contributed by atoms with van der Waals surface area (Å²) in [5.41, 5.74) is 0. The second-order valence-electron chi connectivity index (χ2n) is 5.67. The third kappa shape index (κ3) is 10.8. The second-order valence-corrected chi connectivity index (χ2v) is 5.67. The zero-order valence-corrected chi connectivity index (χ0v) is 12.8. The Balaban J connectivity index is 3.53. The van der Waals surface area contributed by atoms with E-state index in [1.54, 1.807) is 0 Å². The minimum atomic E-state index is 0.827. The number of rotatable bonds is 12. The van der Waals surface area contributed by atoms with Crippen LogP contribution in [0.15, 0.2) is 0 Å². The molecule has 104 valence electrons. The van der Waals surface area contributed by atoms with Gasteiger partial charge >= 0.3 is 0 Å². The number of unbranched alkanes of at least 4 members (excludes halogenated alkanes) is 7. The monoisotopic (exact) mass is 241 g/mol. The van der Waals surface area contributed by atoms with E-state index in [0.29, 0.717) is 0 Å². The van der Waals surface area contributed by atoms with Gasteiger partial charge in [-0.1, -0.05) is 71.6 Å². The summed E-state index contributed by atoms with van der Waals surface area (Å²) in [6.07, 6.45) is 15.5. The lowest BCUT2D eigenvalue weighted by Gasteiger charge is -2.24. The van der Waals surface area contributed by atoms with Crippen molar-refractivity contribution in [2.24, 2.45) is 0 Å². The van der Waals surface area contributed by atoms with Crippen molar-refractivity contribution in [2.45, 2.75) is 90.5 Å². The van der Waals surface area contributed by atoms with Crippen LogP contribution in [0.1, 0.15) is 84.5 Å². The fraction of sp³-hybridized carbons (Fsp3) is 1.00. The molecule has 1 heteroatoms. The number of nitrogens with zero attached hydrogens (tertiary/aromatic N) is 1. The first kappa shape index (κ1) is 17.0. The van der Waals surface area contributed by atoms with Crippen molar-refractivity contribution in [1.29, 1.82) is 0 Å². The molecule has 0 N–H and O–H groups in total. The van der Waals surface area contributed by atoms with Gasteiger partial charge in [-0.05, 0) is 26.9 Å². The van der Waals surface area contributed by atoms with Crippen molar-refractivity contribution in [3.63, 3.8) is 0 Å². The van der Waals surface area contributed by atoms with Gasteiger partial charge < -0.3 is 4.90 Å². The standard InChI is InChI=1S/C16H35N/c1-5-7-9-11-13-15-16(17(3)4)14-12-10-8-6-2/h16H,5-15H2,1-4H3. The Morgan fingerprint density at radius 3 is 1.47 bits per heavy atom. The molecule has 0 heterocycles. The average Bonchev–Trinajstić information content (AvgIpc) is 2.31. The summed E-state index contributed by atoms with van der Waals surface area (Å²) in [7, 11) is 4.49. The van der Waals surface area contributed by atoms with Crippen LogP contribution < -0.4 is 0 Å². The highest BCUT2D eigenvalue weighted by Crippen LogP contribution is 2.16. The molecule has 0 amide bonds. The summed E-state index contributed by atoms with van der Waals surface area (Å²) in [4.78, 5) is 2.44. The molecule has 0 aromatic heterocycles. The Hall–Kier alpha value is -0.0400. The number of hydrogen-bond donors (Lipinski definition) is 0. The van der Waals surface area contributed by atoms with Gasteiger partial charge in [0, 0.05) is 6.04 Å². The van der Waals surface area contributed by atoms with Crippen molar-refractivity contribution >= 4 is 0 Å². The minimum Gasteiger partial charge on any atom is -0.306 e. The Labute approximate surface area is 110 Å². The summed E-state index contributed by atoms with van der Waals surface area (Å²) in [6.45, 7) is 4.58. The van der Waals surface area contributed by atoms with Crippen LogP contribution in [-0.2, 0) is 0 Å². The highest BCUT2D eigenvalue weighted by Gasteiger charge is 2.10. The van der Waals surface area contributed by atoms with E-state index in [2.05, 4.69) is 32.8 Å². The Morgan fingerprint density at radius 1 is 0.647 bits per heavy atom. The van der Waals surface area contributed by atoms with E-state index in [1.165, 1.54) is 70.6 Å². The van der Waals surface area contributed by atoms with E-state index in [4.69, 9.17) is 0 Å². The molecule has 17 heavy (non-hydrogen) atoms. The third-order valence-electron chi connectivity index (χ3n) is 3.76. The van der Waals surface area contributed by atoms with Crippen LogP contribution >= 0.6 is 0 Å². The molecule has 0 aliphatic carbocycles. The normalized spacial score (nSPS) is 13.2. The summed E-state index contributed by atoms with van der Waals surface area (Å²) in [5, 5.41) is 0. The SMILES string of the molecule is CCCCCCCC(CCCCCC)N(C)C. The fourth-order valence-corrected chi connectivity index (χ4v) is 2.45. The van der Waals surface area contributed by atoms with Crippen molar-refractivity contribution in [3.05, 3.63) is 0 Å². The molecule has 0 saturated heterocycles. The molecular weight excluding hydrogens is 206 g/mol. The molecule has 1 unspecified atom stereocenters. The van der Waals surface area contributed by atoms with Gasteiger partial charge in [-0.15, -0.1) is 0 Å². The third-order valence-corrected chi connectivity index (χ3v) is 3.76. The maximum absolute atomic E-state index is 2.44. The van der Waals surface area contributed by atoms with E-state index in [0.717, 1.165) is 6.04 Å². The number of hydrogen-bond acceptors (Lipinski definition) is 1. The van der Waals surface area contributed by atoms with Gasteiger partial charge in [0.2, 0.25) is 0 Å². The van der Waals surface area contributed by atoms with E-state index in [9.17, 15) is 0 Å². The van der Waals surface area contributed by atoms with Gasteiger partial charge in [0.15, 0.2) is 0 Å². The fourth-order valence-electron chi connectivity index (χ4n) is 2.45. The van der Waals surface area contributed by atoms with Gasteiger partial charge in [-0.25, -0.2) is 0 Å². The predicted molar refractivity (Wildman–Crippen MR) is 79.6 cm³/mol. The Kier molecular flexibility index (Phi) is 12.4. The zero-order chi connectivity index (χ0) is 12.9. The van der Waals surface area contributed by atoms with Crippen molar-refractivity contribution in [2.75, 3.05) is 14.1 Å². The van der Waals surface area contributed by atoms with Crippen molar-refractivity contribution in [1.82, 2.24) is 4.90 Å². The van der Waals surface area contributed by atoms with Crippen LogP contribution in [0.4, 0.5) is 0 Å². The van der Waals surface area contributed by atoms with Crippen LogP contribution in [0.25, 0.3) is 0 Å². The van der Waals surface area contributed by atoms with Crippen LogP contribution in [0, 0.1) is 0 Å². The summed E-state index contributed by atoms with van der Waals surface area (Å²) >= 11 is 0. The molecule has 1 nitrogen and oxygen atoms in total. The van der Waals surface area contributed by atoms with E-state index >= 15 is 0 Å². The molecule has 0 bridgehead atoms. The lowest BCUT2D eigenvalue weighted by Crippen LogP contribution is -2.27. The molecule has 0 aromatic carbocycles. The van der Waals surface area contributed by atoms with E-state index in [-0.39, 0.29) is 0 Å². The molecular formula is C16H35N. The van der Waals surface area contributed by atoms with Crippen LogP contribution in [0.3, 0.4) is 0 Å². The van der Waals surface area contributed by atoms with E-state index in [1.807, 2.05) is 0 Å².